The smallest absolute Gasteiger partial charge is 0.251 e. The molecule has 7 nitrogen and oxygen atoms in total. The highest BCUT2D eigenvalue weighted by Gasteiger charge is 2.30. The van der Waals surface area contributed by atoms with Gasteiger partial charge in [-0.05, 0) is 61.9 Å². The van der Waals surface area contributed by atoms with Crippen molar-refractivity contribution < 1.29 is 14.4 Å². The second-order valence-electron chi connectivity index (χ2n) is 7.30. The summed E-state index contributed by atoms with van der Waals surface area (Å²) in [5, 5.41) is 9.01. The Morgan fingerprint density at radius 3 is 2.35 bits per heavy atom. The summed E-state index contributed by atoms with van der Waals surface area (Å²) < 4.78 is 0. The van der Waals surface area contributed by atoms with Crippen molar-refractivity contribution in [3.8, 4) is 0 Å². The zero-order valence-electron chi connectivity index (χ0n) is 17.1. The van der Waals surface area contributed by atoms with Crippen LogP contribution < -0.4 is 16.0 Å². The summed E-state index contributed by atoms with van der Waals surface area (Å²) in [4.78, 5) is 38.9. The van der Waals surface area contributed by atoms with Gasteiger partial charge in [0.05, 0.1) is 22.6 Å². The molecule has 0 bridgehead atoms. The van der Waals surface area contributed by atoms with Crippen LogP contribution in [0.25, 0.3) is 0 Å². The van der Waals surface area contributed by atoms with Crippen LogP contribution in [-0.4, -0.2) is 48.8 Å². The Labute approximate surface area is 191 Å². The molecule has 1 saturated heterocycles. The number of piperidine rings is 1. The number of amides is 3. The molecule has 9 heteroatoms. The molecule has 1 atom stereocenters. The number of nitrogens with one attached hydrogen (secondary N) is 3. The van der Waals surface area contributed by atoms with Crippen molar-refractivity contribution in [3.63, 3.8) is 0 Å². The van der Waals surface area contributed by atoms with Crippen LogP contribution in [0.1, 0.15) is 29.6 Å². The van der Waals surface area contributed by atoms with Crippen molar-refractivity contribution in [1.82, 2.24) is 10.2 Å². The molecule has 0 saturated carbocycles. The van der Waals surface area contributed by atoms with Crippen LogP contribution in [0.15, 0.2) is 42.5 Å². The maximum Gasteiger partial charge on any atom is 0.251 e. The summed E-state index contributed by atoms with van der Waals surface area (Å²) in [6.07, 6.45) is 2.50. The van der Waals surface area contributed by atoms with Gasteiger partial charge in [-0.3, -0.25) is 19.3 Å². The predicted molar refractivity (Wildman–Crippen MR) is 123 cm³/mol. The van der Waals surface area contributed by atoms with E-state index in [2.05, 4.69) is 16.0 Å². The summed E-state index contributed by atoms with van der Waals surface area (Å²) in [6, 6.07) is 11.1. The summed E-state index contributed by atoms with van der Waals surface area (Å²) in [5.74, 6) is -0.593. The molecular weight excluding hydrogens is 439 g/mol. The van der Waals surface area contributed by atoms with E-state index in [4.69, 9.17) is 23.2 Å². The van der Waals surface area contributed by atoms with Crippen LogP contribution in [-0.2, 0) is 9.59 Å². The quantitative estimate of drug-likeness (QED) is 0.608. The van der Waals surface area contributed by atoms with Gasteiger partial charge in [0.2, 0.25) is 11.8 Å². The van der Waals surface area contributed by atoms with Crippen molar-refractivity contribution in [2.75, 3.05) is 30.8 Å². The molecule has 2 aromatic rings. The molecule has 2 aromatic carbocycles. The van der Waals surface area contributed by atoms with Crippen LogP contribution >= 0.6 is 23.2 Å². The molecule has 1 unspecified atom stereocenters. The number of rotatable bonds is 6. The van der Waals surface area contributed by atoms with E-state index in [1.165, 1.54) is 0 Å². The second-order valence-corrected chi connectivity index (χ2v) is 8.12. The van der Waals surface area contributed by atoms with Crippen LogP contribution in [0.2, 0.25) is 10.0 Å². The van der Waals surface area contributed by atoms with Gasteiger partial charge in [-0.2, -0.15) is 0 Å². The Hall–Kier alpha value is -2.61. The lowest BCUT2D eigenvalue weighted by atomic mass is 10.0. The molecule has 1 fully saturated rings. The molecule has 1 aliphatic heterocycles. The summed E-state index contributed by atoms with van der Waals surface area (Å²) in [7, 11) is 1.56. The predicted octanol–water partition coefficient (Wildman–Crippen LogP) is 3.78. The van der Waals surface area contributed by atoms with Crippen molar-refractivity contribution >= 4 is 52.3 Å². The Morgan fingerprint density at radius 2 is 1.68 bits per heavy atom. The van der Waals surface area contributed by atoms with Crippen LogP contribution in [0.5, 0.6) is 0 Å². The van der Waals surface area contributed by atoms with Crippen LogP contribution in [0, 0.1) is 0 Å². The first-order valence-corrected chi connectivity index (χ1v) is 10.7. The molecule has 1 aliphatic rings. The molecule has 3 amide bonds. The minimum absolute atomic E-state index is 0.0939. The van der Waals surface area contributed by atoms with Gasteiger partial charge in [-0.1, -0.05) is 29.6 Å². The van der Waals surface area contributed by atoms with Gasteiger partial charge < -0.3 is 16.0 Å². The molecule has 0 aliphatic carbocycles. The minimum Gasteiger partial charge on any atom is -0.355 e. The third-order valence-electron chi connectivity index (χ3n) is 5.11. The fraction of sp³-hybridized carbons (Fsp3) is 0.318. The lowest BCUT2D eigenvalue weighted by Gasteiger charge is -2.34. The van der Waals surface area contributed by atoms with Gasteiger partial charge in [0.15, 0.2) is 0 Å². The van der Waals surface area contributed by atoms with E-state index in [1.807, 2.05) is 4.90 Å². The fourth-order valence-corrected chi connectivity index (χ4v) is 3.81. The molecule has 3 rings (SSSR count). The molecule has 1 heterocycles. The normalized spacial score (nSPS) is 16.4. The van der Waals surface area contributed by atoms with Gasteiger partial charge in [-0.15, -0.1) is 0 Å². The number of benzene rings is 2. The van der Waals surface area contributed by atoms with E-state index in [0.29, 0.717) is 39.9 Å². The first-order chi connectivity index (χ1) is 14.9. The van der Waals surface area contributed by atoms with Gasteiger partial charge in [0.1, 0.15) is 0 Å². The molecular formula is C22H24Cl2N4O3. The zero-order valence-corrected chi connectivity index (χ0v) is 18.6. The molecule has 164 valence electrons. The lowest BCUT2D eigenvalue weighted by molar-refractivity contribution is -0.124. The molecule has 0 aromatic heterocycles. The highest BCUT2D eigenvalue weighted by atomic mass is 35.5. The maximum absolute atomic E-state index is 12.8. The van der Waals surface area contributed by atoms with Gasteiger partial charge >= 0.3 is 0 Å². The summed E-state index contributed by atoms with van der Waals surface area (Å²) >= 11 is 12.0. The number of carbonyl (C=O) groups is 3. The van der Waals surface area contributed by atoms with E-state index in [-0.39, 0.29) is 24.3 Å². The number of carbonyl (C=O) groups excluding carboxylic acids is 3. The fourth-order valence-electron chi connectivity index (χ4n) is 3.51. The van der Waals surface area contributed by atoms with Crippen molar-refractivity contribution in [2.45, 2.75) is 25.3 Å². The van der Waals surface area contributed by atoms with Gasteiger partial charge in [-0.25, -0.2) is 0 Å². The molecule has 3 N–H and O–H groups in total. The third-order valence-corrected chi connectivity index (χ3v) is 5.85. The molecule has 31 heavy (non-hydrogen) atoms. The van der Waals surface area contributed by atoms with E-state index >= 15 is 0 Å². The number of halogens is 2. The average Bonchev–Trinajstić information content (AvgIpc) is 2.76. The number of anilines is 2. The van der Waals surface area contributed by atoms with Gasteiger partial charge in [0, 0.05) is 24.0 Å². The number of likely N-dealkylation sites (tertiary alicyclic amines) is 1. The first-order valence-electron chi connectivity index (χ1n) is 9.99. The highest BCUT2D eigenvalue weighted by Crippen LogP contribution is 2.26. The Kier molecular flexibility index (Phi) is 7.90. The number of nitrogens with zero attached hydrogens (tertiary/aromatic N) is 1. The molecule has 0 radical (unpaired) electrons. The van der Waals surface area contributed by atoms with Gasteiger partial charge in [0.25, 0.3) is 5.91 Å². The Bertz CT molecular complexity index is 966. The third kappa shape index (κ3) is 6.19. The molecule has 0 spiro atoms. The Balaban J connectivity index is 1.60. The zero-order chi connectivity index (χ0) is 22.4. The Morgan fingerprint density at radius 1 is 0.968 bits per heavy atom. The summed E-state index contributed by atoms with van der Waals surface area (Å²) in [5.41, 5.74) is 1.66. The van der Waals surface area contributed by atoms with Crippen molar-refractivity contribution in [1.29, 1.82) is 0 Å². The van der Waals surface area contributed by atoms with Crippen molar-refractivity contribution in [2.24, 2.45) is 0 Å². The van der Waals surface area contributed by atoms with E-state index < -0.39 is 6.04 Å². The van der Waals surface area contributed by atoms with E-state index in [9.17, 15) is 14.4 Å². The lowest BCUT2D eigenvalue weighted by Crippen LogP contribution is -2.49. The van der Waals surface area contributed by atoms with Crippen LogP contribution in [0.4, 0.5) is 11.4 Å². The maximum atomic E-state index is 12.8. The van der Waals surface area contributed by atoms with Crippen LogP contribution in [0.3, 0.4) is 0 Å². The number of hydrogen-bond donors (Lipinski definition) is 3. The van der Waals surface area contributed by atoms with E-state index in [1.54, 1.807) is 49.5 Å². The largest absolute Gasteiger partial charge is 0.355 e. The highest BCUT2D eigenvalue weighted by molar-refractivity contribution is 6.42. The SMILES string of the molecule is CNC(=O)c1ccc(NC(=O)CN2CCCCC2C(=O)Nc2ccc(Cl)c(Cl)c2)cc1. The minimum atomic E-state index is -0.412. The second kappa shape index (κ2) is 10.6. The first kappa shape index (κ1) is 23.1. The van der Waals surface area contributed by atoms with Crippen molar-refractivity contribution in [3.05, 3.63) is 58.1 Å². The summed E-state index contributed by atoms with van der Waals surface area (Å²) in [6.45, 7) is 0.749. The monoisotopic (exact) mass is 462 g/mol. The standard InChI is InChI=1S/C22H24Cl2N4O3/c1-25-21(30)14-5-7-15(8-6-14)26-20(29)13-28-11-3-2-4-19(28)22(31)27-16-9-10-17(23)18(24)12-16/h5-10,12,19H,2-4,11,13H2,1H3,(H,25,30)(H,26,29)(H,27,31). The van der Waals surface area contributed by atoms with E-state index in [0.717, 1.165) is 12.8 Å². The average molecular weight is 463 g/mol. The number of hydrogen-bond acceptors (Lipinski definition) is 4. The topological polar surface area (TPSA) is 90.5 Å².